The molecule has 2 aromatic carbocycles. The fourth-order valence-electron chi connectivity index (χ4n) is 3.20. The number of aromatic amines is 1. The van der Waals surface area contributed by atoms with Crippen molar-refractivity contribution in [3.63, 3.8) is 0 Å². The van der Waals surface area contributed by atoms with E-state index in [-0.39, 0.29) is 30.1 Å². The molecule has 0 fully saturated rings. The van der Waals surface area contributed by atoms with Crippen LogP contribution in [-0.2, 0) is 11.2 Å². The van der Waals surface area contributed by atoms with Gasteiger partial charge in [0.2, 0.25) is 5.91 Å². The maximum Gasteiger partial charge on any atom is 0.225 e. The summed E-state index contributed by atoms with van der Waals surface area (Å²) in [5.74, 6) is 1.26. The number of Topliss-reactive ketones (excluding diaryl/α,β-unsaturated/α-hetero) is 1. The number of aromatic nitrogens is 2. The highest BCUT2D eigenvalue weighted by molar-refractivity contribution is 5.94. The molecule has 0 spiro atoms. The fourth-order valence-corrected chi connectivity index (χ4v) is 3.20. The molecule has 3 aromatic rings. The van der Waals surface area contributed by atoms with Gasteiger partial charge in [-0.25, -0.2) is 4.98 Å². The van der Waals surface area contributed by atoms with Crippen molar-refractivity contribution < 1.29 is 14.3 Å². The second kappa shape index (κ2) is 8.25. The third kappa shape index (κ3) is 4.22. The number of ketones is 1. The summed E-state index contributed by atoms with van der Waals surface area (Å²) in [7, 11) is 1.55. The number of carbonyl (C=O) groups excluding carboxylic acids is 2. The van der Waals surface area contributed by atoms with E-state index in [1.807, 2.05) is 38.1 Å². The summed E-state index contributed by atoms with van der Waals surface area (Å²) in [4.78, 5) is 32.4. The van der Waals surface area contributed by atoms with Crippen molar-refractivity contribution in [3.8, 4) is 5.75 Å². The van der Waals surface area contributed by atoms with Crippen molar-refractivity contribution in [2.75, 3.05) is 7.11 Å². The number of hydrogen-bond donors (Lipinski definition) is 2. The van der Waals surface area contributed by atoms with Crippen LogP contribution in [0.25, 0.3) is 11.0 Å². The molecule has 1 aromatic heterocycles. The van der Waals surface area contributed by atoms with Crippen molar-refractivity contribution in [2.45, 2.75) is 33.2 Å². The van der Waals surface area contributed by atoms with Crippen LogP contribution in [0.5, 0.6) is 5.75 Å². The number of rotatable bonds is 7. The molecule has 28 heavy (non-hydrogen) atoms. The van der Waals surface area contributed by atoms with Crippen LogP contribution in [0.1, 0.15) is 48.6 Å². The topological polar surface area (TPSA) is 84.1 Å². The average Bonchev–Trinajstić information content (AvgIpc) is 3.09. The zero-order valence-electron chi connectivity index (χ0n) is 16.6. The number of para-hydroxylation sites is 2. The van der Waals surface area contributed by atoms with E-state index in [2.05, 4.69) is 15.3 Å². The third-order valence-electron chi connectivity index (χ3n) is 4.72. The Hall–Kier alpha value is -3.15. The van der Waals surface area contributed by atoms with Gasteiger partial charge in [0.15, 0.2) is 5.78 Å². The second-order valence-electron chi connectivity index (χ2n) is 7.19. The van der Waals surface area contributed by atoms with Crippen LogP contribution in [0.2, 0.25) is 0 Å². The molecule has 0 radical (unpaired) electrons. The Balaban J connectivity index is 1.82. The highest BCUT2D eigenvalue weighted by Crippen LogP contribution is 2.24. The molecule has 0 aliphatic rings. The highest BCUT2D eigenvalue weighted by atomic mass is 16.5. The lowest BCUT2D eigenvalue weighted by Crippen LogP contribution is -2.33. The van der Waals surface area contributed by atoms with Gasteiger partial charge in [-0.15, -0.1) is 0 Å². The maximum absolute atomic E-state index is 12.8. The number of methoxy groups -OCH3 is 1. The number of nitrogens with zero attached hydrogens (tertiary/aromatic N) is 1. The van der Waals surface area contributed by atoms with Crippen molar-refractivity contribution in [3.05, 3.63) is 59.4 Å². The second-order valence-corrected chi connectivity index (χ2v) is 7.19. The predicted octanol–water partition coefficient (Wildman–Crippen LogP) is 3.83. The van der Waals surface area contributed by atoms with Crippen LogP contribution in [-0.4, -0.2) is 28.8 Å². The average molecular weight is 379 g/mol. The molecule has 3 rings (SSSR count). The van der Waals surface area contributed by atoms with Crippen LogP contribution < -0.4 is 10.1 Å². The maximum atomic E-state index is 12.8. The van der Waals surface area contributed by atoms with Gasteiger partial charge in [-0.1, -0.05) is 26.0 Å². The highest BCUT2D eigenvalue weighted by Gasteiger charge is 2.22. The van der Waals surface area contributed by atoms with Gasteiger partial charge in [0.1, 0.15) is 11.6 Å². The quantitative estimate of drug-likeness (QED) is 0.611. The lowest BCUT2D eigenvalue weighted by atomic mass is 10.0. The predicted molar refractivity (Wildman–Crippen MR) is 109 cm³/mol. The van der Waals surface area contributed by atoms with Crippen LogP contribution in [0.15, 0.2) is 42.5 Å². The van der Waals surface area contributed by atoms with Gasteiger partial charge in [-0.05, 0) is 43.2 Å². The summed E-state index contributed by atoms with van der Waals surface area (Å²) in [6.45, 7) is 5.58. The van der Waals surface area contributed by atoms with Crippen LogP contribution >= 0.6 is 0 Å². The summed E-state index contributed by atoms with van der Waals surface area (Å²) >= 11 is 0. The SMILES string of the molecule is COc1ccc(C(C)=O)cc1CC(=O)N[C@H](c1nc2ccccc2[nH]1)C(C)C. The Morgan fingerprint density at radius 3 is 2.57 bits per heavy atom. The standard InChI is InChI=1S/C22H25N3O3/c1-13(2)21(22-23-17-7-5-6-8-18(17)24-22)25-20(27)12-16-11-15(14(3)26)9-10-19(16)28-4/h5-11,13,21H,12H2,1-4H3,(H,23,24)(H,25,27)/t21-/m0/s1. The Morgan fingerprint density at radius 2 is 1.93 bits per heavy atom. The zero-order valence-corrected chi connectivity index (χ0v) is 16.6. The van der Waals surface area contributed by atoms with Gasteiger partial charge in [0.05, 0.1) is 30.6 Å². The normalized spacial score (nSPS) is 12.2. The molecule has 1 amide bonds. The number of hydrogen-bond acceptors (Lipinski definition) is 4. The minimum absolute atomic E-state index is 0.0494. The number of ether oxygens (including phenoxy) is 1. The van der Waals surface area contributed by atoms with E-state index in [0.717, 1.165) is 16.9 Å². The van der Waals surface area contributed by atoms with Crippen LogP contribution in [0.3, 0.4) is 0 Å². The van der Waals surface area contributed by atoms with E-state index in [1.54, 1.807) is 25.3 Å². The molecule has 6 heteroatoms. The number of imidazole rings is 1. The van der Waals surface area contributed by atoms with Crippen molar-refractivity contribution in [1.29, 1.82) is 0 Å². The molecular weight excluding hydrogens is 354 g/mol. The number of H-pyrrole nitrogens is 1. The molecule has 0 unspecified atom stereocenters. The number of benzene rings is 2. The van der Waals surface area contributed by atoms with Gasteiger partial charge >= 0.3 is 0 Å². The van der Waals surface area contributed by atoms with Gasteiger partial charge in [0, 0.05) is 11.1 Å². The van der Waals surface area contributed by atoms with Crippen LogP contribution in [0.4, 0.5) is 0 Å². The summed E-state index contributed by atoms with van der Waals surface area (Å²) in [5, 5.41) is 3.07. The molecule has 1 atom stereocenters. The Kier molecular flexibility index (Phi) is 5.78. The van der Waals surface area contributed by atoms with E-state index in [9.17, 15) is 9.59 Å². The number of amides is 1. The minimum Gasteiger partial charge on any atom is -0.496 e. The summed E-state index contributed by atoms with van der Waals surface area (Å²) in [6, 6.07) is 12.7. The van der Waals surface area contributed by atoms with Gasteiger partial charge in [-0.3, -0.25) is 9.59 Å². The first-order chi connectivity index (χ1) is 13.4. The van der Waals surface area contributed by atoms with E-state index in [1.165, 1.54) is 6.92 Å². The molecule has 1 heterocycles. The first-order valence-electron chi connectivity index (χ1n) is 9.31. The summed E-state index contributed by atoms with van der Waals surface area (Å²) in [5.41, 5.74) is 3.04. The molecule has 2 N–H and O–H groups in total. The Labute approximate surface area is 164 Å². The number of fused-ring (bicyclic) bond motifs is 1. The molecule has 0 aliphatic carbocycles. The van der Waals surface area contributed by atoms with Crippen molar-refractivity contribution >= 4 is 22.7 Å². The molecule has 0 saturated carbocycles. The number of carbonyl (C=O) groups is 2. The monoisotopic (exact) mass is 379 g/mol. The number of nitrogens with one attached hydrogen (secondary N) is 2. The van der Waals surface area contributed by atoms with Crippen LogP contribution in [0, 0.1) is 5.92 Å². The Morgan fingerprint density at radius 1 is 1.18 bits per heavy atom. The van der Waals surface area contributed by atoms with E-state index < -0.39 is 0 Å². The zero-order chi connectivity index (χ0) is 20.3. The molecule has 0 bridgehead atoms. The summed E-state index contributed by atoms with van der Waals surface area (Å²) < 4.78 is 5.35. The van der Waals surface area contributed by atoms with Gasteiger partial charge in [0.25, 0.3) is 0 Å². The fraction of sp³-hybridized carbons (Fsp3) is 0.318. The molecular formula is C22H25N3O3. The Bertz CT molecular complexity index is 974. The molecule has 0 saturated heterocycles. The smallest absolute Gasteiger partial charge is 0.225 e. The lowest BCUT2D eigenvalue weighted by molar-refractivity contribution is -0.121. The third-order valence-corrected chi connectivity index (χ3v) is 4.72. The van der Waals surface area contributed by atoms with E-state index in [0.29, 0.717) is 16.9 Å². The van der Waals surface area contributed by atoms with Crippen molar-refractivity contribution in [1.82, 2.24) is 15.3 Å². The van der Waals surface area contributed by atoms with Gasteiger partial charge in [-0.2, -0.15) is 0 Å². The molecule has 0 aliphatic heterocycles. The first-order valence-corrected chi connectivity index (χ1v) is 9.31. The molecule has 146 valence electrons. The largest absolute Gasteiger partial charge is 0.496 e. The lowest BCUT2D eigenvalue weighted by Gasteiger charge is -2.21. The molecule has 6 nitrogen and oxygen atoms in total. The van der Waals surface area contributed by atoms with E-state index >= 15 is 0 Å². The first kappa shape index (κ1) is 19.6. The summed E-state index contributed by atoms with van der Waals surface area (Å²) in [6.07, 6.45) is 0.119. The van der Waals surface area contributed by atoms with Gasteiger partial charge < -0.3 is 15.0 Å². The van der Waals surface area contributed by atoms with E-state index in [4.69, 9.17) is 4.74 Å². The minimum atomic E-state index is -0.248. The van der Waals surface area contributed by atoms with Crippen molar-refractivity contribution in [2.24, 2.45) is 5.92 Å².